The second-order valence-corrected chi connectivity index (χ2v) is 7.64. The zero-order valence-electron chi connectivity index (χ0n) is 20.0. The Labute approximate surface area is 175 Å². The Morgan fingerprint density at radius 2 is 1.79 bits per heavy atom. The van der Waals surface area contributed by atoms with E-state index < -0.39 is 40.5 Å². The second-order valence-electron chi connectivity index (χ2n) is 5.57. The lowest BCUT2D eigenvalue weighted by Crippen LogP contribution is -2.16. The summed E-state index contributed by atoms with van der Waals surface area (Å²) in [6.07, 6.45) is 0. The number of halogens is 1. The minimum absolute atomic E-state index is 0.227. The average molecular weight is 424 g/mol. The number of aromatic carboxylic acids is 1. The number of nitrogens with zero attached hydrogens (tertiary/aromatic N) is 2. The number of aryl methyl sites for hydroxylation is 2. The van der Waals surface area contributed by atoms with Crippen LogP contribution in [0.2, 0.25) is 5.15 Å². The van der Waals surface area contributed by atoms with Gasteiger partial charge in [0.05, 0.1) is 16.2 Å². The number of rotatable bonds is 5. The SMILES string of the molecule is [2H]C([2H])([2H])c1cccc(C([2H])([2H])[2H])c1-c1cc(Cl)nc(NS(=O)(=O)c2cccc(C(=O)O)c2)n1. The Morgan fingerprint density at radius 1 is 1.11 bits per heavy atom. The molecule has 0 saturated heterocycles. The van der Waals surface area contributed by atoms with E-state index in [4.69, 9.17) is 24.9 Å². The summed E-state index contributed by atoms with van der Waals surface area (Å²) in [6.45, 7) is -5.43. The largest absolute Gasteiger partial charge is 0.478 e. The maximum atomic E-state index is 12.8. The highest BCUT2D eigenvalue weighted by Crippen LogP contribution is 2.28. The molecular formula is C19H16ClN3O4S. The number of sulfonamides is 1. The van der Waals surface area contributed by atoms with Crippen molar-refractivity contribution in [3.8, 4) is 11.3 Å². The summed E-state index contributed by atoms with van der Waals surface area (Å²) < 4.78 is 74.4. The Bertz CT molecular complexity index is 1340. The molecule has 0 unspecified atom stereocenters. The number of aromatic nitrogens is 2. The molecule has 3 aromatic rings. The molecule has 0 spiro atoms. The molecule has 2 N–H and O–H groups in total. The van der Waals surface area contributed by atoms with Crippen molar-refractivity contribution in [1.82, 2.24) is 9.97 Å². The Morgan fingerprint density at radius 3 is 2.43 bits per heavy atom. The van der Waals surface area contributed by atoms with Crippen molar-refractivity contribution in [2.45, 2.75) is 18.6 Å². The van der Waals surface area contributed by atoms with E-state index in [9.17, 15) is 13.2 Å². The van der Waals surface area contributed by atoms with Gasteiger partial charge in [0.2, 0.25) is 5.95 Å². The van der Waals surface area contributed by atoms with Crippen molar-refractivity contribution in [3.05, 3.63) is 70.4 Å². The van der Waals surface area contributed by atoms with Crippen LogP contribution in [-0.2, 0) is 10.0 Å². The maximum absolute atomic E-state index is 12.8. The first-order valence-corrected chi connectivity index (χ1v) is 9.51. The summed E-state index contributed by atoms with van der Waals surface area (Å²) in [5, 5.41) is 8.80. The summed E-state index contributed by atoms with van der Waals surface area (Å²) >= 11 is 6.03. The standard InChI is InChI=1S/C19H16ClN3O4S/c1-11-5-3-6-12(2)17(11)15-10-16(20)22-19(21-15)23-28(26,27)14-8-4-7-13(9-14)18(24)25/h3-10H,1-2H3,(H,24,25)(H,21,22,23)/i1D3,2D3. The first-order valence-electron chi connectivity index (χ1n) is 10.6. The molecule has 0 bridgehead atoms. The van der Waals surface area contributed by atoms with Gasteiger partial charge in [-0.2, -0.15) is 0 Å². The van der Waals surface area contributed by atoms with Crippen LogP contribution >= 0.6 is 11.6 Å². The fourth-order valence-corrected chi connectivity index (χ4v) is 3.57. The molecule has 3 rings (SSSR count). The van der Waals surface area contributed by atoms with Crippen LogP contribution in [0.25, 0.3) is 11.3 Å². The van der Waals surface area contributed by atoms with Crippen LogP contribution in [0, 0.1) is 13.7 Å². The van der Waals surface area contributed by atoms with E-state index in [1.165, 1.54) is 30.3 Å². The van der Waals surface area contributed by atoms with Gasteiger partial charge in [0, 0.05) is 19.9 Å². The number of hydrogen-bond donors (Lipinski definition) is 2. The van der Waals surface area contributed by atoms with E-state index in [0.29, 0.717) is 0 Å². The third kappa shape index (κ3) is 4.13. The highest BCUT2D eigenvalue weighted by atomic mass is 35.5. The molecule has 1 heterocycles. The third-order valence-electron chi connectivity index (χ3n) is 3.63. The number of carbonyl (C=O) groups is 1. The summed E-state index contributed by atoms with van der Waals surface area (Å²) in [6, 6.07) is 9.35. The number of carboxylic acids is 1. The van der Waals surface area contributed by atoms with Crippen molar-refractivity contribution in [1.29, 1.82) is 0 Å². The molecule has 144 valence electrons. The summed E-state index contributed by atoms with van der Waals surface area (Å²) in [7, 11) is -4.38. The molecule has 0 aliphatic carbocycles. The molecule has 0 aliphatic rings. The predicted molar refractivity (Wildman–Crippen MR) is 106 cm³/mol. The van der Waals surface area contributed by atoms with Crippen molar-refractivity contribution in [2.75, 3.05) is 4.72 Å². The van der Waals surface area contributed by atoms with E-state index in [1.54, 1.807) is 0 Å². The summed E-state index contributed by atoms with van der Waals surface area (Å²) in [5.41, 5.74) is -1.39. The quantitative estimate of drug-likeness (QED) is 0.602. The molecule has 28 heavy (non-hydrogen) atoms. The molecule has 1 aromatic heterocycles. The average Bonchev–Trinajstić information content (AvgIpc) is 2.71. The van der Waals surface area contributed by atoms with Crippen LogP contribution in [0.3, 0.4) is 0 Å². The van der Waals surface area contributed by atoms with Crippen LogP contribution < -0.4 is 4.72 Å². The van der Waals surface area contributed by atoms with E-state index in [2.05, 4.69) is 14.7 Å². The lowest BCUT2D eigenvalue weighted by molar-refractivity contribution is 0.0696. The molecule has 0 saturated carbocycles. The van der Waals surface area contributed by atoms with Gasteiger partial charge in [0.1, 0.15) is 5.15 Å². The van der Waals surface area contributed by atoms with Crippen molar-refractivity contribution >= 4 is 33.5 Å². The van der Waals surface area contributed by atoms with Gasteiger partial charge in [-0.05, 0) is 43.0 Å². The number of benzene rings is 2. The Balaban J connectivity index is 2.17. The third-order valence-corrected chi connectivity index (χ3v) is 5.15. The smallest absolute Gasteiger partial charge is 0.335 e. The zero-order chi connectivity index (χ0) is 25.5. The van der Waals surface area contributed by atoms with E-state index in [0.717, 1.165) is 18.2 Å². The molecule has 2 aromatic carbocycles. The minimum Gasteiger partial charge on any atom is -0.478 e. The predicted octanol–water partition coefficient (Wildman–Crippen LogP) is 3.91. The molecule has 0 amide bonds. The zero-order valence-corrected chi connectivity index (χ0v) is 15.5. The van der Waals surface area contributed by atoms with E-state index >= 15 is 0 Å². The molecule has 0 fully saturated rings. The van der Waals surface area contributed by atoms with Gasteiger partial charge in [0.25, 0.3) is 10.0 Å². The molecule has 0 atom stereocenters. The maximum Gasteiger partial charge on any atom is 0.335 e. The van der Waals surface area contributed by atoms with Gasteiger partial charge in [-0.3, -0.25) is 0 Å². The monoisotopic (exact) mass is 423 g/mol. The lowest BCUT2D eigenvalue weighted by Gasteiger charge is -2.12. The van der Waals surface area contributed by atoms with Gasteiger partial charge in [0.15, 0.2) is 0 Å². The van der Waals surface area contributed by atoms with Gasteiger partial charge in [-0.15, -0.1) is 0 Å². The van der Waals surface area contributed by atoms with Gasteiger partial charge >= 0.3 is 5.97 Å². The van der Waals surface area contributed by atoms with Crippen molar-refractivity contribution in [2.24, 2.45) is 0 Å². The van der Waals surface area contributed by atoms with E-state index in [-0.39, 0.29) is 33.1 Å². The first-order chi connectivity index (χ1) is 15.6. The van der Waals surface area contributed by atoms with Crippen LogP contribution in [0.15, 0.2) is 53.4 Å². The van der Waals surface area contributed by atoms with Gasteiger partial charge < -0.3 is 5.11 Å². The second kappa shape index (κ2) is 7.57. The number of hydrogen-bond acceptors (Lipinski definition) is 5. The highest BCUT2D eigenvalue weighted by Gasteiger charge is 2.19. The molecule has 0 radical (unpaired) electrons. The van der Waals surface area contributed by atoms with Crippen molar-refractivity contribution in [3.63, 3.8) is 0 Å². The first kappa shape index (κ1) is 13.2. The number of nitrogens with one attached hydrogen (secondary N) is 1. The van der Waals surface area contributed by atoms with Gasteiger partial charge in [-0.25, -0.2) is 27.9 Å². The molecular weight excluding hydrogens is 402 g/mol. The molecule has 7 nitrogen and oxygen atoms in total. The van der Waals surface area contributed by atoms with E-state index in [1.807, 2.05) is 0 Å². The van der Waals surface area contributed by atoms with Crippen LogP contribution in [-0.4, -0.2) is 29.5 Å². The number of carboxylic acid groups (broad SMARTS) is 1. The fourth-order valence-electron chi connectivity index (χ4n) is 2.40. The summed E-state index contributed by atoms with van der Waals surface area (Å²) in [5.74, 6) is -1.91. The Hall–Kier alpha value is -2.97. The van der Waals surface area contributed by atoms with Crippen LogP contribution in [0.5, 0.6) is 0 Å². The molecule has 0 aliphatic heterocycles. The minimum atomic E-state index is -4.38. The lowest BCUT2D eigenvalue weighted by atomic mass is 10.00. The molecule has 9 heteroatoms. The van der Waals surface area contributed by atoms with Crippen molar-refractivity contribution < 1.29 is 26.5 Å². The number of anilines is 1. The fraction of sp³-hybridized carbons (Fsp3) is 0.105. The Kier molecular flexibility index (Phi) is 3.58. The highest BCUT2D eigenvalue weighted by molar-refractivity contribution is 7.92. The normalized spacial score (nSPS) is 15.3. The van der Waals surface area contributed by atoms with Crippen LogP contribution in [0.1, 0.15) is 29.7 Å². The van der Waals surface area contributed by atoms with Crippen LogP contribution in [0.4, 0.5) is 5.95 Å². The topological polar surface area (TPSA) is 109 Å². The summed E-state index contributed by atoms with van der Waals surface area (Å²) in [4.78, 5) is 18.6. The van der Waals surface area contributed by atoms with Gasteiger partial charge in [-0.1, -0.05) is 35.9 Å².